The lowest BCUT2D eigenvalue weighted by atomic mass is 9.78. The van der Waals surface area contributed by atoms with E-state index in [-0.39, 0.29) is 28.7 Å². The number of aromatic nitrogens is 1. The molecule has 1 aromatic carbocycles. The standard InChI is InChI=1S/C18H20N2O2/c1-18(2,3)13-11-20(14-8-5-4-7-12(13)14)17(22)16-15(21)9-6-10-19-16/h4-10,13,21H,11H2,1-3H3. The fourth-order valence-electron chi connectivity index (χ4n) is 3.03. The third-order valence-electron chi connectivity index (χ3n) is 4.25. The zero-order valence-electron chi connectivity index (χ0n) is 13.1. The van der Waals surface area contributed by atoms with Crippen molar-refractivity contribution < 1.29 is 9.90 Å². The highest BCUT2D eigenvalue weighted by atomic mass is 16.3. The van der Waals surface area contributed by atoms with E-state index < -0.39 is 0 Å². The zero-order valence-corrected chi connectivity index (χ0v) is 13.1. The van der Waals surface area contributed by atoms with E-state index in [0.29, 0.717) is 6.54 Å². The van der Waals surface area contributed by atoms with Gasteiger partial charge in [0.05, 0.1) is 0 Å². The highest BCUT2D eigenvalue weighted by Crippen LogP contribution is 2.46. The van der Waals surface area contributed by atoms with Gasteiger partial charge in [0, 0.05) is 24.3 Å². The molecule has 0 radical (unpaired) electrons. The van der Waals surface area contributed by atoms with E-state index in [1.54, 1.807) is 11.0 Å². The summed E-state index contributed by atoms with van der Waals surface area (Å²) in [5.41, 5.74) is 2.25. The zero-order chi connectivity index (χ0) is 15.9. The minimum Gasteiger partial charge on any atom is -0.505 e. The molecular formula is C18H20N2O2. The normalized spacial score (nSPS) is 17.4. The summed E-state index contributed by atoms with van der Waals surface area (Å²) >= 11 is 0. The highest BCUT2D eigenvalue weighted by Gasteiger charge is 2.39. The smallest absolute Gasteiger partial charge is 0.280 e. The van der Waals surface area contributed by atoms with Crippen molar-refractivity contribution >= 4 is 11.6 Å². The number of pyridine rings is 1. The van der Waals surface area contributed by atoms with Crippen LogP contribution in [0.3, 0.4) is 0 Å². The molecule has 1 atom stereocenters. The molecule has 1 aliphatic rings. The van der Waals surface area contributed by atoms with Crippen molar-refractivity contribution in [2.24, 2.45) is 5.41 Å². The first-order chi connectivity index (χ1) is 10.4. The number of nitrogens with zero attached hydrogens (tertiary/aromatic N) is 2. The molecule has 0 aliphatic carbocycles. The largest absolute Gasteiger partial charge is 0.505 e. The van der Waals surface area contributed by atoms with Gasteiger partial charge in [0.25, 0.3) is 5.91 Å². The molecule has 1 unspecified atom stereocenters. The van der Waals surface area contributed by atoms with Crippen LogP contribution in [0, 0.1) is 5.41 Å². The van der Waals surface area contributed by atoms with E-state index in [2.05, 4.69) is 31.8 Å². The molecule has 2 aromatic rings. The van der Waals surface area contributed by atoms with Crippen molar-refractivity contribution in [3.63, 3.8) is 0 Å². The van der Waals surface area contributed by atoms with E-state index in [4.69, 9.17) is 0 Å². The van der Waals surface area contributed by atoms with E-state index in [0.717, 1.165) is 5.69 Å². The van der Waals surface area contributed by atoms with Gasteiger partial charge in [-0.05, 0) is 29.2 Å². The van der Waals surface area contributed by atoms with Gasteiger partial charge in [0.2, 0.25) is 0 Å². The van der Waals surface area contributed by atoms with Crippen molar-refractivity contribution in [2.75, 3.05) is 11.4 Å². The van der Waals surface area contributed by atoms with Gasteiger partial charge in [0.1, 0.15) is 5.75 Å². The van der Waals surface area contributed by atoms with Crippen LogP contribution in [0.25, 0.3) is 0 Å². The van der Waals surface area contributed by atoms with Gasteiger partial charge in [-0.2, -0.15) is 0 Å². The minimum absolute atomic E-state index is 0.0529. The molecule has 4 heteroatoms. The van der Waals surface area contributed by atoms with Crippen LogP contribution in [0.1, 0.15) is 42.7 Å². The maximum atomic E-state index is 12.8. The second kappa shape index (κ2) is 5.13. The van der Waals surface area contributed by atoms with Crippen LogP contribution in [-0.2, 0) is 0 Å². The predicted octanol–water partition coefficient (Wildman–Crippen LogP) is 3.58. The molecule has 0 bridgehead atoms. The lowest BCUT2D eigenvalue weighted by Gasteiger charge is -2.27. The maximum absolute atomic E-state index is 12.8. The number of hydrogen-bond donors (Lipinski definition) is 1. The summed E-state index contributed by atoms with van der Waals surface area (Å²) in [5.74, 6) is -0.0694. The van der Waals surface area contributed by atoms with E-state index in [1.165, 1.54) is 17.8 Å². The highest BCUT2D eigenvalue weighted by molar-refractivity contribution is 6.07. The Morgan fingerprint density at radius 3 is 2.64 bits per heavy atom. The van der Waals surface area contributed by atoms with Gasteiger partial charge >= 0.3 is 0 Å². The second-order valence-electron chi connectivity index (χ2n) is 6.76. The molecular weight excluding hydrogens is 276 g/mol. The van der Waals surface area contributed by atoms with Crippen molar-refractivity contribution in [3.05, 3.63) is 53.9 Å². The van der Waals surface area contributed by atoms with Gasteiger partial charge in [0.15, 0.2) is 5.69 Å². The molecule has 0 fully saturated rings. The Bertz CT molecular complexity index is 719. The van der Waals surface area contributed by atoms with Crippen LogP contribution in [-0.4, -0.2) is 22.5 Å². The number of para-hydroxylation sites is 1. The number of fused-ring (bicyclic) bond motifs is 1. The van der Waals surface area contributed by atoms with E-state index in [9.17, 15) is 9.90 Å². The fourth-order valence-corrected chi connectivity index (χ4v) is 3.03. The SMILES string of the molecule is CC(C)(C)C1CN(C(=O)c2ncccc2O)c2ccccc21. The minimum atomic E-state index is -0.252. The summed E-state index contributed by atoms with van der Waals surface area (Å²) < 4.78 is 0. The average Bonchev–Trinajstić information content (AvgIpc) is 2.87. The summed E-state index contributed by atoms with van der Waals surface area (Å²) in [4.78, 5) is 18.6. The molecule has 2 heterocycles. The first-order valence-corrected chi connectivity index (χ1v) is 7.44. The van der Waals surface area contributed by atoms with Gasteiger partial charge in [-0.1, -0.05) is 39.0 Å². The molecule has 0 saturated heterocycles. The van der Waals surface area contributed by atoms with Crippen molar-refractivity contribution in [3.8, 4) is 5.75 Å². The summed E-state index contributed by atoms with van der Waals surface area (Å²) in [6, 6.07) is 11.1. The average molecular weight is 296 g/mol. The molecule has 114 valence electrons. The third-order valence-corrected chi connectivity index (χ3v) is 4.25. The van der Waals surface area contributed by atoms with Gasteiger partial charge in [-0.25, -0.2) is 4.98 Å². The fraction of sp³-hybridized carbons (Fsp3) is 0.333. The van der Waals surface area contributed by atoms with Crippen LogP contribution < -0.4 is 4.90 Å². The van der Waals surface area contributed by atoms with Crippen molar-refractivity contribution in [1.82, 2.24) is 4.98 Å². The van der Waals surface area contributed by atoms with Crippen LogP contribution in [0.5, 0.6) is 5.75 Å². The summed E-state index contributed by atoms with van der Waals surface area (Å²) in [5, 5.41) is 9.91. The maximum Gasteiger partial charge on any atom is 0.280 e. The van der Waals surface area contributed by atoms with E-state index >= 15 is 0 Å². The molecule has 3 rings (SSSR count). The van der Waals surface area contributed by atoms with Crippen LogP contribution in [0.4, 0.5) is 5.69 Å². The molecule has 1 aliphatic heterocycles. The molecule has 22 heavy (non-hydrogen) atoms. The number of benzene rings is 1. The van der Waals surface area contributed by atoms with Gasteiger partial charge < -0.3 is 10.0 Å². The van der Waals surface area contributed by atoms with Gasteiger partial charge in [-0.15, -0.1) is 0 Å². The van der Waals surface area contributed by atoms with E-state index in [1.807, 2.05) is 18.2 Å². The first-order valence-electron chi connectivity index (χ1n) is 7.44. The molecule has 1 N–H and O–H groups in total. The first kappa shape index (κ1) is 14.6. The lowest BCUT2D eigenvalue weighted by molar-refractivity contribution is 0.0978. The predicted molar refractivity (Wildman–Crippen MR) is 86.2 cm³/mol. The van der Waals surface area contributed by atoms with Crippen molar-refractivity contribution in [2.45, 2.75) is 26.7 Å². The molecule has 0 spiro atoms. The summed E-state index contributed by atoms with van der Waals surface area (Å²) in [7, 11) is 0. The number of amides is 1. The second-order valence-corrected chi connectivity index (χ2v) is 6.76. The number of rotatable bonds is 1. The van der Waals surface area contributed by atoms with Crippen LogP contribution in [0.15, 0.2) is 42.6 Å². The Kier molecular flexibility index (Phi) is 3.39. The molecule has 1 aromatic heterocycles. The van der Waals surface area contributed by atoms with Crippen LogP contribution in [0.2, 0.25) is 0 Å². The lowest BCUT2D eigenvalue weighted by Crippen LogP contribution is -2.33. The Labute approximate surface area is 130 Å². The van der Waals surface area contributed by atoms with Crippen LogP contribution >= 0.6 is 0 Å². The molecule has 0 saturated carbocycles. The summed E-state index contributed by atoms with van der Waals surface area (Å²) in [6.45, 7) is 7.15. The number of anilines is 1. The van der Waals surface area contributed by atoms with Gasteiger partial charge in [-0.3, -0.25) is 4.79 Å². The Morgan fingerprint density at radius 1 is 1.23 bits per heavy atom. The Morgan fingerprint density at radius 2 is 1.95 bits per heavy atom. The number of carbonyl (C=O) groups is 1. The third kappa shape index (κ3) is 2.34. The topological polar surface area (TPSA) is 53.4 Å². The summed E-state index contributed by atoms with van der Waals surface area (Å²) in [6.07, 6.45) is 1.52. The molecule has 4 nitrogen and oxygen atoms in total. The Hall–Kier alpha value is -2.36. The van der Waals surface area contributed by atoms with Crippen molar-refractivity contribution in [1.29, 1.82) is 0 Å². The number of aromatic hydroxyl groups is 1. The Balaban J connectivity index is 2.03. The quantitative estimate of drug-likeness (QED) is 0.875. The number of hydrogen-bond acceptors (Lipinski definition) is 3. The molecule has 1 amide bonds. The number of carbonyl (C=O) groups excluding carboxylic acids is 1. The monoisotopic (exact) mass is 296 g/mol.